The number of unbranched alkanes of at least 4 members (excludes halogenated alkanes) is 3. The van der Waals surface area contributed by atoms with E-state index >= 15 is 0 Å². The summed E-state index contributed by atoms with van der Waals surface area (Å²) in [5, 5.41) is 1.03. The SMILES string of the molecule is CCCCCCN(CCC(=O)OC)C(=O)/C=C/c1ccc(Cl)cc1Cl. The number of hydrogen-bond acceptors (Lipinski definition) is 3. The van der Waals surface area contributed by atoms with E-state index in [2.05, 4.69) is 11.7 Å². The number of carbonyl (C=O) groups is 2. The molecule has 0 aliphatic rings. The van der Waals surface area contributed by atoms with Gasteiger partial charge in [0, 0.05) is 29.2 Å². The van der Waals surface area contributed by atoms with Gasteiger partial charge in [-0.25, -0.2) is 0 Å². The van der Waals surface area contributed by atoms with E-state index < -0.39 is 0 Å². The van der Waals surface area contributed by atoms with E-state index in [4.69, 9.17) is 23.2 Å². The summed E-state index contributed by atoms with van der Waals surface area (Å²) in [6.07, 6.45) is 7.57. The summed E-state index contributed by atoms with van der Waals surface area (Å²) >= 11 is 12.0. The highest BCUT2D eigenvalue weighted by Crippen LogP contribution is 2.22. The van der Waals surface area contributed by atoms with Crippen LogP contribution in [-0.2, 0) is 14.3 Å². The summed E-state index contributed by atoms with van der Waals surface area (Å²) in [6.45, 7) is 3.10. The molecular weight excluding hydrogens is 361 g/mol. The van der Waals surface area contributed by atoms with Crippen LogP contribution in [0.4, 0.5) is 0 Å². The second-order valence-electron chi connectivity index (χ2n) is 5.71. The molecule has 0 atom stereocenters. The zero-order valence-electron chi connectivity index (χ0n) is 14.8. The van der Waals surface area contributed by atoms with Crippen molar-refractivity contribution in [3.05, 3.63) is 39.9 Å². The molecule has 0 N–H and O–H groups in total. The Labute approximate surface area is 159 Å². The van der Waals surface area contributed by atoms with Crippen molar-refractivity contribution in [2.45, 2.75) is 39.0 Å². The van der Waals surface area contributed by atoms with E-state index in [-0.39, 0.29) is 18.3 Å². The van der Waals surface area contributed by atoms with E-state index in [1.165, 1.54) is 13.2 Å². The van der Waals surface area contributed by atoms with Gasteiger partial charge in [0.05, 0.1) is 13.5 Å². The van der Waals surface area contributed by atoms with Crippen molar-refractivity contribution >= 4 is 41.2 Å². The van der Waals surface area contributed by atoms with E-state index in [0.717, 1.165) is 31.2 Å². The van der Waals surface area contributed by atoms with Crippen molar-refractivity contribution in [3.63, 3.8) is 0 Å². The fourth-order valence-corrected chi connectivity index (χ4v) is 2.76. The fourth-order valence-electron chi connectivity index (χ4n) is 2.29. The average Bonchev–Trinajstić information content (AvgIpc) is 2.59. The molecule has 0 saturated heterocycles. The molecule has 138 valence electrons. The second kappa shape index (κ2) is 11.9. The Balaban J connectivity index is 2.71. The maximum absolute atomic E-state index is 12.5. The van der Waals surface area contributed by atoms with Crippen LogP contribution in [0.3, 0.4) is 0 Å². The Morgan fingerprint density at radius 1 is 1.16 bits per heavy atom. The van der Waals surface area contributed by atoms with Crippen molar-refractivity contribution < 1.29 is 14.3 Å². The third-order valence-corrected chi connectivity index (χ3v) is 4.34. The van der Waals surface area contributed by atoms with Crippen LogP contribution in [0, 0.1) is 0 Å². The average molecular weight is 386 g/mol. The zero-order valence-corrected chi connectivity index (χ0v) is 16.3. The van der Waals surface area contributed by atoms with Crippen LogP contribution in [0.5, 0.6) is 0 Å². The molecule has 0 saturated carbocycles. The van der Waals surface area contributed by atoms with Crippen molar-refractivity contribution in [2.75, 3.05) is 20.2 Å². The van der Waals surface area contributed by atoms with E-state index in [1.54, 1.807) is 29.2 Å². The molecule has 0 aliphatic carbocycles. The van der Waals surface area contributed by atoms with Gasteiger partial charge in [0.25, 0.3) is 0 Å². The van der Waals surface area contributed by atoms with Crippen LogP contribution < -0.4 is 0 Å². The molecule has 1 aromatic carbocycles. The second-order valence-corrected chi connectivity index (χ2v) is 6.55. The number of ether oxygens (including phenoxy) is 1. The number of amides is 1. The highest BCUT2D eigenvalue weighted by Gasteiger charge is 2.13. The number of nitrogens with zero attached hydrogens (tertiary/aromatic N) is 1. The van der Waals surface area contributed by atoms with Gasteiger partial charge in [0.1, 0.15) is 0 Å². The van der Waals surface area contributed by atoms with E-state index in [1.807, 2.05) is 0 Å². The number of rotatable bonds is 10. The number of benzene rings is 1. The summed E-state index contributed by atoms with van der Waals surface area (Å²) in [5.74, 6) is -0.470. The number of methoxy groups -OCH3 is 1. The van der Waals surface area contributed by atoms with Crippen LogP contribution in [-0.4, -0.2) is 37.0 Å². The Bertz CT molecular complexity index is 602. The number of carbonyl (C=O) groups excluding carboxylic acids is 2. The highest BCUT2D eigenvalue weighted by molar-refractivity contribution is 6.35. The standard InChI is InChI=1S/C19H25Cl2NO3/c1-3-4-5-6-12-22(13-11-19(24)25-2)18(23)10-8-15-7-9-16(20)14-17(15)21/h7-10,14H,3-6,11-13H2,1-2H3/b10-8+. The Kier molecular flexibility index (Phi) is 10.3. The monoisotopic (exact) mass is 385 g/mol. The molecule has 1 aromatic rings. The lowest BCUT2D eigenvalue weighted by Gasteiger charge is -2.20. The topological polar surface area (TPSA) is 46.6 Å². The Morgan fingerprint density at radius 3 is 2.56 bits per heavy atom. The minimum Gasteiger partial charge on any atom is -0.469 e. The maximum atomic E-state index is 12.5. The molecule has 0 radical (unpaired) electrons. The molecule has 0 bridgehead atoms. The summed E-state index contributed by atoms with van der Waals surface area (Å²) in [6, 6.07) is 5.11. The lowest BCUT2D eigenvalue weighted by Crippen LogP contribution is -2.32. The van der Waals surface area contributed by atoms with Gasteiger partial charge < -0.3 is 9.64 Å². The van der Waals surface area contributed by atoms with Gasteiger partial charge >= 0.3 is 5.97 Å². The molecule has 0 aliphatic heterocycles. The normalized spacial score (nSPS) is 10.9. The third kappa shape index (κ3) is 8.41. The summed E-state index contributed by atoms with van der Waals surface area (Å²) < 4.78 is 4.65. The minimum atomic E-state index is -0.323. The van der Waals surface area contributed by atoms with Crippen molar-refractivity contribution in [2.24, 2.45) is 0 Å². The molecule has 25 heavy (non-hydrogen) atoms. The summed E-state index contributed by atoms with van der Waals surface area (Å²) in [5.41, 5.74) is 0.721. The number of halogens is 2. The van der Waals surface area contributed by atoms with Crippen molar-refractivity contribution in [3.8, 4) is 0 Å². The number of hydrogen-bond donors (Lipinski definition) is 0. The van der Waals surface area contributed by atoms with Gasteiger partial charge in [-0.3, -0.25) is 9.59 Å². The first-order valence-corrected chi connectivity index (χ1v) is 9.22. The maximum Gasteiger partial charge on any atom is 0.307 e. The molecule has 0 fully saturated rings. The van der Waals surface area contributed by atoms with Crippen LogP contribution in [0.2, 0.25) is 10.0 Å². The zero-order chi connectivity index (χ0) is 18.7. The molecule has 1 rings (SSSR count). The first kappa shape index (κ1) is 21.5. The van der Waals surface area contributed by atoms with Gasteiger partial charge in [-0.05, 0) is 30.2 Å². The predicted octanol–water partition coefficient (Wildman–Crippen LogP) is 4.98. The summed E-state index contributed by atoms with van der Waals surface area (Å²) in [4.78, 5) is 25.5. The van der Waals surface area contributed by atoms with Crippen LogP contribution >= 0.6 is 23.2 Å². The molecule has 0 heterocycles. The molecular formula is C19H25Cl2NO3. The Hall–Kier alpha value is -1.52. The van der Waals surface area contributed by atoms with Crippen LogP contribution in [0.25, 0.3) is 6.08 Å². The molecule has 4 nitrogen and oxygen atoms in total. The first-order chi connectivity index (χ1) is 12.0. The van der Waals surface area contributed by atoms with E-state index in [9.17, 15) is 9.59 Å². The molecule has 0 unspecified atom stereocenters. The smallest absolute Gasteiger partial charge is 0.307 e. The molecule has 0 aromatic heterocycles. The number of esters is 1. The van der Waals surface area contributed by atoms with Crippen molar-refractivity contribution in [1.29, 1.82) is 0 Å². The Morgan fingerprint density at radius 2 is 1.92 bits per heavy atom. The van der Waals surface area contributed by atoms with Crippen LogP contribution in [0.1, 0.15) is 44.6 Å². The van der Waals surface area contributed by atoms with Crippen LogP contribution in [0.15, 0.2) is 24.3 Å². The predicted molar refractivity (Wildman–Crippen MR) is 103 cm³/mol. The highest BCUT2D eigenvalue weighted by atomic mass is 35.5. The summed E-state index contributed by atoms with van der Waals surface area (Å²) in [7, 11) is 1.35. The lowest BCUT2D eigenvalue weighted by molar-refractivity contribution is -0.141. The molecule has 0 spiro atoms. The van der Waals surface area contributed by atoms with E-state index in [0.29, 0.717) is 23.1 Å². The fraction of sp³-hybridized carbons (Fsp3) is 0.474. The minimum absolute atomic E-state index is 0.147. The quantitative estimate of drug-likeness (QED) is 0.324. The lowest BCUT2D eigenvalue weighted by atomic mass is 10.2. The van der Waals surface area contributed by atoms with Gasteiger partial charge in [-0.15, -0.1) is 0 Å². The van der Waals surface area contributed by atoms with Gasteiger partial charge in [-0.1, -0.05) is 55.5 Å². The third-order valence-electron chi connectivity index (χ3n) is 3.77. The molecule has 1 amide bonds. The first-order valence-electron chi connectivity index (χ1n) is 8.46. The molecule has 6 heteroatoms. The largest absolute Gasteiger partial charge is 0.469 e. The van der Waals surface area contributed by atoms with Gasteiger partial charge in [-0.2, -0.15) is 0 Å². The van der Waals surface area contributed by atoms with Gasteiger partial charge in [0.2, 0.25) is 5.91 Å². The van der Waals surface area contributed by atoms with Gasteiger partial charge in [0.15, 0.2) is 0 Å². The van der Waals surface area contributed by atoms with Crippen molar-refractivity contribution in [1.82, 2.24) is 4.90 Å².